The second kappa shape index (κ2) is 8.09. The predicted molar refractivity (Wildman–Crippen MR) is 106 cm³/mol. The minimum atomic E-state index is -0.646. The average molecular weight is 348 g/mol. The molecule has 3 heteroatoms. The first-order chi connectivity index (χ1) is 12.1. The molecular weight excluding hydrogens is 327 g/mol. The van der Waals surface area contributed by atoms with Crippen molar-refractivity contribution in [2.24, 2.45) is 0 Å². The molecule has 0 aliphatic rings. The van der Waals surface area contributed by atoms with Gasteiger partial charge in [-0.15, -0.1) is 0 Å². The Morgan fingerprint density at radius 3 is 1.60 bits per heavy atom. The quantitative estimate of drug-likeness (QED) is 0.514. The number of benzene rings is 3. The van der Waals surface area contributed by atoms with E-state index in [1.807, 2.05) is 50.2 Å². The molecule has 0 saturated carbocycles. The van der Waals surface area contributed by atoms with Crippen LogP contribution in [-0.4, -0.2) is 12.1 Å². The molecule has 0 heterocycles. The summed E-state index contributed by atoms with van der Waals surface area (Å²) in [5.41, 5.74) is 0.591. The Morgan fingerprint density at radius 1 is 0.720 bits per heavy atom. The van der Waals surface area contributed by atoms with Gasteiger partial charge in [0.2, 0.25) is 0 Å². The van der Waals surface area contributed by atoms with Gasteiger partial charge in [0.25, 0.3) is 0 Å². The molecule has 0 radical (unpaired) electrons. The number of ether oxygens (including phenoxy) is 1. The van der Waals surface area contributed by atoms with Gasteiger partial charge in [-0.3, -0.25) is 0 Å². The van der Waals surface area contributed by atoms with Crippen LogP contribution in [0.3, 0.4) is 0 Å². The molecule has 0 aliphatic carbocycles. The molecule has 126 valence electrons. The van der Waals surface area contributed by atoms with Crippen LogP contribution in [0.5, 0.6) is 0 Å². The molecule has 0 aromatic heterocycles. The molecule has 0 aliphatic heterocycles. The van der Waals surface area contributed by atoms with Crippen molar-refractivity contribution in [3.8, 4) is 0 Å². The van der Waals surface area contributed by atoms with Gasteiger partial charge in [0.05, 0.1) is 11.7 Å². The third-order valence-electron chi connectivity index (χ3n) is 3.73. The minimum Gasteiger partial charge on any atom is -0.459 e. The summed E-state index contributed by atoms with van der Waals surface area (Å²) in [6.07, 6.45) is -0.113. The Morgan fingerprint density at radius 2 is 1.16 bits per heavy atom. The summed E-state index contributed by atoms with van der Waals surface area (Å²) in [5.74, 6) is -0.273. The fourth-order valence-electron chi connectivity index (χ4n) is 2.63. The molecule has 0 unspecified atom stereocenters. The Bertz CT molecular complexity index is 772. The first kappa shape index (κ1) is 17.4. The summed E-state index contributed by atoms with van der Waals surface area (Å²) in [4.78, 5) is 12.1. The zero-order chi connectivity index (χ0) is 17.6. The molecule has 0 bridgehead atoms. The minimum absolute atomic E-state index is 0.113. The predicted octanol–water partition coefficient (Wildman–Crippen LogP) is 4.01. The fraction of sp³-hybridized carbons (Fsp3) is 0.136. The summed E-state index contributed by atoms with van der Waals surface area (Å²) in [7, 11) is -0.646. The monoisotopic (exact) mass is 348 g/mol. The van der Waals surface area contributed by atoms with E-state index in [9.17, 15) is 4.79 Å². The van der Waals surface area contributed by atoms with Crippen molar-refractivity contribution in [3.63, 3.8) is 0 Å². The van der Waals surface area contributed by atoms with E-state index in [0.29, 0.717) is 5.56 Å². The fourth-order valence-corrected chi connectivity index (χ4v) is 4.91. The van der Waals surface area contributed by atoms with Gasteiger partial charge >= 0.3 is 5.97 Å². The van der Waals surface area contributed by atoms with Crippen LogP contribution in [0.4, 0.5) is 0 Å². The highest BCUT2D eigenvalue weighted by Crippen LogP contribution is 2.32. The van der Waals surface area contributed by atoms with E-state index in [-0.39, 0.29) is 12.1 Å². The van der Waals surface area contributed by atoms with Gasteiger partial charge in [-0.2, -0.15) is 0 Å². The van der Waals surface area contributed by atoms with E-state index in [1.165, 1.54) is 15.9 Å². The van der Waals surface area contributed by atoms with Crippen molar-refractivity contribution in [1.82, 2.24) is 0 Å². The van der Waals surface area contributed by atoms with Gasteiger partial charge in [0, 0.05) is 0 Å². The molecule has 0 spiro atoms. The maximum absolute atomic E-state index is 12.1. The number of rotatable bonds is 5. The second-order valence-corrected chi connectivity index (χ2v) is 8.23. The van der Waals surface area contributed by atoms with Crippen molar-refractivity contribution >= 4 is 29.8 Å². The van der Waals surface area contributed by atoms with Gasteiger partial charge < -0.3 is 4.74 Å². The van der Waals surface area contributed by atoms with E-state index < -0.39 is 7.92 Å². The third-order valence-corrected chi connectivity index (χ3v) is 6.18. The maximum Gasteiger partial charge on any atom is 0.338 e. The van der Waals surface area contributed by atoms with E-state index in [0.717, 1.165) is 0 Å². The molecule has 0 atom stereocenters. The highest BCUT2D eigenvalue weighted by Gasteiger charge is 2.17. The normalized spacial score (nSPS) is 10.9. The van der Waals surface area contributed by atoms with E-state index in [1.54, 1.807) is 0 Å². The highest BCUT2D eigenvalue weighted by molar-refractivity contribution is 7.79. The Balaban J connectivity index is 1.96. The summed E-state index contributed by atoms with van der Waals surface area (Å²) in [6.45, 7) is 3.71. The first-order valence-corrected chi connectivity index (χ1v) is 9.70. The van der Waals surface area contributed by atoms with Gasteiger partial charge in [-0.25, -0.2) is 4.79 Å². The molecular formula is C22H21O2P. The number of carbonyl (C=O) groups is 1. The molecule has 3 aromatic rings. The van der Waals surface area contributed by atoms with Crippen molar-refractivity contribution in [2.75, 3.05) is 0 Å². The van der Waals surface area contributed by atoms with Crippen molar-refractivity contribution in [2.45, 2.75) is 20.0 Å². The average Bonchev–Trinajstić information content (AvgIpc) is 2.64. The molecule has 0 fully saturated rings. The van der Waals surface area contributed by atoms with Crippen LogP contribution in [0.1, 0.15) is 24.2 Å². The van der Waals surface area contributed by atoms with E-state index in [2.05, 4.69) is 48.5 Å². The molecule has 3 aromatic carbocycles. The van der Waals surface area contributed by atoms with Crippen molar-refractivity contribution < 1.29 is 9.53 Å². The zero-order valence-electron chi connectivity index (χ0n) is 14.4. The summed E-state index contributed by atoms with van der Waals surface area (Å²) in [5, 5.41) is 3.80. The molecule has 0 amide bonds. The molecule has 0 N–H and O–H groups in total. The lowest BCUT2D eigenvalue weighted by Gasteiger charge is -2.19. The van der Waals surface area contributed by atoms with Crippen LogP contribution in [0.25, 0.3) is 0 Å². The van der Waals surface area contributed by atoms with E-state index >= 15 is 0 Å². The van der Waals surface area contributed by atoms with E-state index in [4.69, 9.17) is 4.74 Å². The smallest absolute Gasteiger partial charge is 0.338 e. The first-order valence-electron chi connectivity index (χ1n) is 8.36. The Hall–Kier alpha value is -2.44. The maximum atomic E-state index is 12.1. The second-order valence-electron chi connectivity index (χ2n) is 6.01. The van der Waals surface area contributed by atoms with Crippen LogP contribution in [0, 0.1) is 0 Å². The van der Waals surface area contributed by atoms with Crippen molar-refractivity contribution in [3.05, 3.63) is 90.5 Å². The zero-order valence-corrected chi connectivity index (χ0v) is 15.3. The van der Waals surface area contributed by atoms with Gasteiger partial charge in [-0.1, -0.05) is 72.8 Å². The SMILES string of the molecule is CC(C)OC(=O)c1ccc(P(c2ccccc2)c2ccccc2)cc1. The van der Waals surface area contributed by atoms with Crippen molar-refractivity contribution in [1.29, 1.82) is 0 Å². The Kier molecular flexibility index (Phi) is 5.63. The standard InChI is InChI=1S/C22H21O2P/c1-17(2)24-22(23)18-13-15-21(16-14-18)25(19-9-5-3-6-10-19)20-11-7-4-8-12-20/h3-17H,1-2H3. The number of hydrogen-bond acceptors (Lipinski definition) is 2. The summed E-state index contributed by atoms with van der Waals surface area (Å²) >= 11 is 0. The number of hydrogen-bond donors (Lipinski definition) is 0. The lowest BCUT2D eigenvalue weighted by atomic mass is 10.2. The lowest BCUT2D eigenvalue weighted by Crippen LogP contribution is -2.21. The van der Waals surface area contributed by atoms with Gasteiger partial charge in [0.1, 0.15) is 0 Å². The van der Waals surface area contributed by atoms with Gasteiger partial charge in [-0.05, 0) is 49.8 Å². The lowest BCUT2D eigenvalue weighted by molar-refractivity contribution is 0.0378. The molecule has 2 nitrogen and oxygen atoms in total. The topological polar surface area (TPSA) is 26.3 Å². The van der Waals surface area contributed by atoms with Crippen LogP contribution < -0.4 is 15.9 Å². The summed E-state index contributed by atoms with van der Waals surface area (Å²) < 4.78 is 5.27. The molecule has 0 saturated heterocycles. The van der Waals surface area contributed by atoms with Crippen LogP contribution in [-0.2, 0) is 4.74 Å². The van der Waals surface area contributed by atoms with Crippen LogP contribution in [0.15, 0.2) is 84.9 Å². The van der Waals surface area contributed by atoms with Gasteiger partial charge in [0.15, 0.2) is 0 Å². The van der Waals surface area contributed by atoms with Crippen LogP contribution in [0.2, 0.25) is 0 Å². The highest BCUT2D eigenvalue weighted by atomic mass is 31.1. The van der Waals surface area contributed by atoms with Crippen LogP contribution >= 0.6 is 7.92 Å². The summed E-state index contributed by atoms with van der Waals surface area (Å²) in [6, 6.07) is 28.8. The third kappa shape index (κ3) is 4.35. The Labute approximate surface area is 150 Å². The molecule has 25 heavy (non-hydrogen) atoms. The largest absolute Gasteiger partial charge is 0.459 e. The number of esters is 1. The molecule has 3 rings (SSSR count). The number of carbonyl (C=O) groups excluding carboxylic acids is 1.